The standard InChI is InChI=1S/C5H14N4.3ClH.Ti/c1-9-4-7-2-6-3-8-5-9;;;;/h6-8H,2-5H2,1H3;3*1H;/q;;;;+1/p-3. The van der Waals surface area contributed by atoms with Crippen LogP contribution in [0.15, 0.2) is 0 Å². The molecule has 0 radical (unpaired) electrons. The van der Waals surface area contributed by atoms with Gasteiger partial charge in [0.05, 0.1) is 0 Å². The fourth-order valence-electron chi connectivity index (χ4n) is 0.901. The Balaban J connectivity index is -0.000000333. The molecule has 0 aromatic rings. The normalized spacial score (nSPS) is 20.6. The predicted molar refractivity (Wildman–Crippen MR) is 35.1 cm³/mol. The van der Waals surface area contributed by atoms with Crippen LogP contribution in [0.3, 0.4) is 0 Å². The summed E-state index contributed by atoms with van der Waals surface area (Å²) in [7, 11) is 2.20. The van der Waals surface area contributed by atoms with Crippen LogP contribution in [0.1, 0.15) is 0 Å². The molecule has 1 heterocycles. The summed E-state index contributed by atoms with van der Waals surface area (Å²) in [6.07, 6.45) is 0. The van der Waals surface area contributed by atoms with Gasteiger partial charge in [-0.3, -0.25) is 0 Å². The molecule has 0 saturated carbocycles. The van der Waals surface area contributed by atoms with Gasteiger partial charge in [-0.25, -0.2) is 0 Å². The Hall–Kier alpha value is 1.42. The minimum absolute atomic E-state index is 0. The second-order valence-electron chi connectivity index (χ2n) is 2.82. The zero-order chi connectivity index (χ0) is 7.45. The molecule has 13 heavy (non-hydrogen) atoms. The Morgan fingerprint density at radius 3 is 1.69 bits per heavy atom. The molecule has 0 aliphatic carbocycles. The van der Waals surface area contributed by atoms with E-state index in [0.717, 1.165) is 29.6 Å². The number of nitrogens with zero attached hydrogens (tertiary/aromatic N) is 1. The summed E-state index contributed by atoms with van der Waals surface area (Å²) in [6, 6.07) is 0. The van der Waals surface area contributed by atoms with Gasteiger partial charge in [-0.05, 0) is 0 Å². The van der Waals surface area contributed by atoms with E-state index < -0.39 is 0 Å². The molecule has 0 spiro atoms. The van der Waals surface area contributed by atoms with Crippen molar-refractivity contribution >= 4 is 0 Å². The Morgan fingerprint density at radius 1 is 0.923 bits per heavy atom. The van der Waals surface area contributed by atoms with Crippen LogP contribution in [0.5, 0.6) is 0 Å². The van der Waals surface area contributed by atoms with Crippen LogP contribution in [0, 0.1) is 0 Å². The third kappa shape index (κ3) is 9.72. The van der Waals surface area contributed by atoms with E-state index in [4.69, 9.17) is 0 Å². The van der Waals surface area contributed by atoms with Crippen molar-refractivity contribution in [3.63, 3.8) is 0 Å². The monoisotopic (exact) mass is 283 g/mol. The smallest absolute Gasteiger partial charge is 1.00 e. The third-order valence-electron chi connectivity index (χ3n) is 1.42. The maximum absolute atomic E-state index is 3.30. The Morgan fingerprint density at radius 2 is 1.31 bits per heavy atom. The van der Waals surface area contributed by atoms with Crippen LogP contribution in [-0.2, 0) is 20.7 Å². The maximum Gasteiger partial charge on any atom is -1.00 e. The molecule has 0 unspecified atom stereocenters. The quantitative estimate of drug-likeness (QED) is 0.387. The van der Waals surface area contributed by atoms with Gasteiger partial charge in [0.25, 0.3) is 0 Å². The summed E-state index contributed by atoms with van der Waals surface area (Å²) in [6.45, 7) is 3.82. The van der Waals surface area contributed by atoms with Crippen LogP contribution < -0.4 is 53.2 Å². The summed E-state index contributed by atoms with van der Waals surface area (Å²) < 4.78 is 0.988. The van der Waals surface area contributed by atoms with E-state index in [9.17, 15) is 0 Å². The Labute approximate surface area is 110 Å². The van der Waals surface area contributed by atoms with E-state index >= 15 is 0 Å². The van der Waals surface area contributed by atoms with Crippen LogP contribution in [-0.4, -0.2) is 36.7 Å². The molecule has 0 amide bonds. The van der Waals surface area contributed by atoms with Crippen molar-refractivity contribution in [1.82, 2.24) is 16.0 Å². The van der Waals surface area contributed by atoms with E-state index in [-0.39, 0.29) is 37.2 Å². The van der Waals surface area contributed by atoms with E-state index in [0.29, 0.717) is 0 Å². The molecule has 4 nitrogen and oxygen atoms in total. The molecule has 3 N–H and O–H groups in total. The van der Waals surface area contributed by atoms with Crippen molar-refractivity contribution in [1.29, 1.82) is 0 Å². The predicted octanol–water partition coefficient (Wildman–Crippen LogP) is -10.5. The van der Waals surface area contributed by atoms with E-state index in [1.54, 1.807) is 0 Å². The van der Waals surface area contributed by atoms with Crippen molar-refractivity contribution in [2.24, 2.45) is 0 Å². The van der Waals surface area contributed by atoms with Gasteiger partial charge in [0.2, 0.25) is 0 Å². The van der Waals surface area contributed by atoms with Crippen LogP contribution in [0.2, 0.25) is 0 Å². The molecule has 1 aliphatic heterocycles. The topological polar surface area (TPSA) is 36.1 Å². The summed E-state index contributed by atoms with van der Waals surface area (Å²) in [5.74, 6) is 0. The Kier molecular flexibility index (Phi) is 15.3. The summed E-state index contributed by atoms with van der Waals surface area (Å²) in [4.78, 5) is 0. The largest absolute Gasteiger partial charge is 1.00 e. The fourth-order valence-corrected chi connectivity index (χ4v) is 1.25. The molecule has 0 aromatic heterocycles. The maximum atomic E-state index is 3.30. The van der Waals surface area contributed by atoms with Gasteiger partial charge in [0.1, 0.15) is 0 Å². The molecule has 0 atom stereocenters. The summed E-state index contributed by atoms with van der Waals surface area (Å²) in [5, 5.41) is 9.79. The minimum Gasteiger partial charge on any atom is -1.00 e. The summed E-state index contributed by atoms with van der Waals surface area (Å²) in [5.41, 5.74) is 0. The molecule has 0 aromatic carbocycles. The number of rotatable bonds is 0. The first-order chi connectivity index (χ1) is 4.71. The number of hydrogen-bond donors (Lipinski definition) is 3. The first-order valence-electron chi connectivity index (χ1n) is 3.42. The van der Waals surface area contributed by atoms with Crippen molar-refractivity contribution < 1.29 is 60.9 Å². The number of hydrogen-bond acceptors (Lipinski definition) is 3. The van der Waals surface area contributed by atoms with Crippen molar-refractivity contribution in [3.05, 3.63) is 0 Å². The molecular weight excluding hydrogens is 270 g/mol. The molecule has 0 bridgehead atoms. The van der Waals surface area contributed by atoms with Gasteiger partial charge in [-0.2, -0.15) is 0 Å². The first-order valence-corrected chi connectivity index (χ1v) is 4.12. The molecule has 8 heteroatoms. The van der Waals surface area contributed by atoms with E-state index in [2.05, 4.69) is 43.7 Å². The van der Waals surface area contributed by atoms with Gasteiger partial charge < -0.3 is 37.2 Å². The van der Waals surface area contributed by atoms with Crippen molar-refractivity contribution in [2.45, 2.75) is 0 Å². The van der Waals surface area contributed by atoms with Crippen LogP contribution >= 0.6 is 0 Å². The molecule has 1 aliphatic rings. The second-order valence-corrected chi connectivity index (χ2v) is 4.50. The summed E-state index contributed by atoms with van der Waals surface area (Å²) >= 11 is 2.20. The fraction of sp³-hybridized carbons (Fsp3) is 1.00. The van der Waals surface area contributed by atoms with Crippen LogP contribution in [0.25, 0.3) is 0 Å². The van der Waals surface area contributed by atoms with Crippen LogP contribution in [0.4, 0.5) is 0 Å². The van der Waals surface area contributed by atoms with Gasteiger partial charge in [0.15, 0.2) is 0 Å². The SMILES string of the molecule is C[N+]1([Ti])CNCNCNC1.[Cl-].[Cl-].[Cl-]. The van der Waals surface area contributed by atoms with Gasteiger partial charge in [0, 0.05) is 0 Å². The van der Waals surface area contributed by atoms with Gasteiger partial charge in [-0.1, -0.05) is 0 Å². The molecule has 1 fully saturated rings. The Bertz CT molecular complexity index is 106. The van der Waals surface area contributed by atoms with Gasteiger partial charge >= 0.3 is 73.3 Å². The average molecular weight is 284 g/mol. The molecular formula is C5H14Cl3N4Ti-2. The molecule has 81 valence electrons. The zero-order valence-corrected chi connectivity index (χ0v) is 11.2. The molecule has 1 saturated heterocycles. The van der Waals surface area contributed by atoms with Gasteiger partial charge in [-0.15, -0.1) is 0 Å². The average Bonchev–Trinajstić information content (AvgIpc) is 1.81. The minimum atomic E-state index is 0. The number of quaternary nitrogens is 1. The number of halogens is 3. The van der Waals surface area contributed by atoms with E-state index in [1.165, 1.54) is 0 Å². The van der Waals surface area contributed by atoms with Crippen molar-refractivity contribution in [3.8, 4) is 0 Å². The first kappa shape index (κ1) is 19.9. The van der Waals surface area contributed by atoms with Crippen molar-refractivity contribution in [2.75, 3.05) is 33.7 Å². The van der Waals surface area contributed by atoms with E-state index in [1.807, 2.05) is 0 Å². The molecule has 1 rings (SSSR count). The zero-order valence-electron chi connectivity index (χ0n) is 7.41. The third-order valence-corrected chi connectivity index (χ3v) is 1.92. The second kappa shape index (κ2) is 9.96. The number of nitrogens with one attached hydrogen (secondary N) is 3.